The minimum Gasteiger partial charge on any atom is -0.266 e. The number of hydrogen-bond donors (Lipinski definition) is 0. The molecule has 3 aliphatic rings. The molecule has 0 aromatic heterocycles. The largest absolute Gasteiger partial charge is 0.266 e. The Morgan fingerprint density at radius 1 is 1.05 bits per heavy atom. The van der Waals surface area contributed by atoms with Gasteiger partial charge in [0.25, 0.3) is 10.1 Å². The summed E-state index contributed by atoms with van der Waals surface area (Å²) < 4.78 is 27.8. The van der Waals surface area contributed by atoms with E-state index in [4.69, 9.17) is 4.18 Å². The van der Waals surface area contributed by atoms with E-state index in [0.717, 1.165) is 69.6 Å². The van der Waals surface area contributed by atoms with Gasteiger partial charge in [0.15, 0.2) is 0 Å². The summed E-state index contributed by atoms with van der Waals surface area (Å²) in [7, 11) is -3.49. The molecule has 0 N–H and O–H groups in total. The van der Waals surface area contributed by atoms with Crippen LogP contribution in [0.3, 0.4) is 0 Å². The fourth-order valence-electron chi connectivity index (χ4n) is 4.59. The lowest BCUT2D eigenvalue weighted by molar-refractivity contribution is -0.267. The van der Waals surface area contributed by atoms with E-state index in [1.165, 1.54) is 11.5 Å². The zero-order chi connectivity index (χ0) is 15.8. The third-order valence-electron chi connectivity index (χ3n) is 5.66. The standard InChI is InChI=1S/C16H26NO4S/c1-22(19,20)21-13-14-12-15(8-4-2-5-9-15)17(18)16(14)10-6-3-7-11-16/h12H,2-11,13H2,1H3. The van der Waals surface area contributed by atoms with Crippen molar-refractivity contribution in [3.8, 4) is 0 Å². The molecule has 2 saturated carbocycles. The van der Waals surface area contributed by atoms with E-state index >= 15 is 0 Å². The summed E-state index contributed by atoms with van der Waals surface area (Å²) in [5.41, 5.74) is -0.0129. The van der Waals surface area contributed by atoms with Crippen LogP contribution in [0.4, 0.5) is 0 Å². The molecule has 0 bridgehead atoms. The molecule has 0 aromatic carbocycles. The summed E-state index contributed by atoms with van der Waals surface area (Å²) in [6.07, 6.45) is 13.1. The highest BCUT2D eigenvalue weighted by Gasteiger charge is 2.56. The molecular weight excluding hydrogens is 302 g/mol. The van der Waals surface area contributed by atoms with Gasteiger partial charge in [-0.2, -0.15) is 8.42 Å². The lowest BCUT2D eigenvalue weighted by atomic mass is 9.77. The van der Waals surface area contributed by atoms with Crippen LogP contribution in [-0.4, -0.2) is 37.4 Å². The first-order valence-corrected chi connectivity index (χ1v) is 10.2. The molecule has 22 heavy (non-hydrogen) atoms. The van der Waals surface area contributed by atoms with Crippen LogP contribution in [-0.2, 0) is 19.5 Å². The van der Waals surface area contributed by atoms with E-state index in [2.05, 4.69) is 6.08 Å². The van der Waals surface area contributed by atoms with Gasteiger partial charge in [-0.05, 0) is 31.3 Å². The molecule has 6 heteroatoms. The Morgan fingerprint density at radius 3 is 2.14 bits per heavy atom. The van der Waals surface area contributed by atoms with Gasteiger partial charge in [0.2, 0.25) is 0 Å². The molecule has 0 aromatic rings. The van der Waals surface area contributed by atoms with E-state index in [9.17, 15) is 13.6 Å². The minimum absolute atomic E-state index is 0.0410. The summed E-state index contributed by atoms with van der Waals surface area (Å²) in [5, 5.41) is 14.6. The third kappa shape index (κ3) is 2.86. The normalized spacial score (nSPS) is 28.2. The molecule has 0 atom stereocenters. The minimum atomic E-state index is -3.49. The third-order valence-corrected chi connectivity index (χ3v) is 6.21. The summed E-state index contributed by atoms with van der Waals surface area (Å²) in [5.74, 6) is 0. The Morgan fingerprint density at radius 2 is 1.59 bits per heavy atom. The lowest BCUT2D eigenvalue weighted by Gasteiger charge is -2.46. The predicted molar refractivity (Wildman–Crippen MR) is 83.0 cm³/mol. The van der Waals surface area contributed by atoms with E-state index in [-0.39, 0.29) is 6.61 Å². The molecule has 1 radical (unpaired) electrons. The topological polar surface area (TPSA) is 66.5 Å². The Balaban J connectivity index is 1.91. The first kappa shape index (κ1) is 16.4. The average Bonchev–Trinajstić information content (AvgIpc) is 2.70. The summed E-state index contributed by atoms with van der Waals surface area (Å²) in [4.78, 5) is 0. The second kappa shape index (κ2) is 5.89. The van der Waals surface area contributed by atoms with Crippen LogP contribution >= 0.6 is 0 Å². The van der Waals surface area contributed by atoms with Crippen LogP contribution in [0.2, 0.25) is 0 Å². The Kier molecular flexibility index (Phi) is 4.40. The van der Waals surface area contributed by atoms with E-state index in [1.54, 1.807) is 0 Å². The Labute approximate surface area is 133 Å². The summed E-state index contributed by atoms with van der Waals surface area (Å²) in [6.45, 7) is 0.0410. The van der Waals surface area contributed by atoms with Crippen molar-refractivity contribution in [3.05, 3.63) is 11.6 Å². The summed E-state index contributed by atoms with van der Waals surface area (Å²) in [6, 6.07) is 0. The second-order valence-corrected chi connectivity index (χ2v) is 8.83. The predicted octanol–water partition coefficient (Wildman–Crippen LogP) is 2.96. The molecule has 2 spiro atoms. The number of hydroxylamine groups is 2. The molecule has 5 nitrogen and oxygen atoms in total. The molecule has 0 unspecified atom stereocenters. The van der Waals surface area contributed by atoms with Gasteiger partial charge in [0.05, 0.1) is 23.9 Å². The van der Waals surface area contributed by atoms with Crippen molar-refractivity contribution >= 4 is 10.1 Å². The smallest absolute Gasteiger partial charge is 0.264 e. The highest BCUT2D eigenvalue weighted by atomic mass is 32.2. The van der Waals surface area contributed by atoms with Crippen molar-refractivity contribution in [2.45, 2.75) is 75.3 Å². The molecule has 1 aliphatic heterocycles. The molecular formula is C16H26NO4S. The first-order valence-electron chi connectivity index (χ1n) is 8.42. The van der Waals surface area contributed by atoms with E-state index in [1.807, 2.05) is 0 Å². The Hall–Kier alpha value is -0.430. The van der Waals surface area contributed by atoms with Crippen molar-refractivity contribution in [1.29, 1.82) is 0 Å². The van der Waals surface area contributed by atoms with Gasteiger partial charge in [-0.3, -0.25) is 4.18 Å². The van der Waals surface area contributed by atoms with Crippen LogP contribution in [0.15, 0.2) is 11.6 Å². The molecule has 125 valence electrons. The number of rotatable bonds is 3. The van der Waals surface area contributed by atoms with Crippen molar-refractivity contribution in [2.24, 2.45) is 0 Å². The SMILES string of the molecule is CS(=O)(=O)OCC1=CC2(CCCCC2)N([O])C12CCCCC2. The van der Waals surface area contributed by atoms with Crippen LogP contribution < -0.4 is 0 Å². The highest BCUT2D eigenvalue weighted by Crippen LogP contribution is 2.52. The van der Waals surface area contributed by atoms with Crippen molar-refractivity contribution in [3.63, 3.8) is 0 Å². The molecule has 3 rings (SSSR count). The van der Waals surface area contributed by atoms with Gasteiger partial charge in [-0.1, -0.05) is 44.6 Å². The Bertz CT molecular complexity index is 542. The van der Waals surface area contributed by atoms with Crippen LogP contribution in [0.5, 0.6) is 0 Å². The molecule has 1 heterocycles. The maximum atomic E-state index is 13.3. The maximum Gasteiger partial charge on any atom is 0.264 e. The van der Waals surface area contributed by atoms with Gasteiger partial charge in [0, 0.05) is 0 Å². The van der Waals surface area contributed by atoms with Crippen molar-refractivity contribution in [1.82, 2.24) is 5.06 Å². The van der Waals surface area contributed by atoms with Gasteiger partial charge < -0.3 is 0 Å². The van der Waals surface area contributed by atoms with Gasteiger partial charge in [-0.15, -0.1) is 10.3 Å². The monoisotopic (exact) mass is 328 g/mol. The van der Waals surface area contributed by atoms with E-state index < -0.39 is 21.2 Å². The van der Waals surface area contributed by atoms with Crippen LogP contribution in [0.1, 0.15) is 64.2 Å². The highest BCUT2D eigenvalue weighted by molar-refractivity contribution is 7.86. The molecule has 2 aliphatic carbocycles. The van der Waals surface area contributed by atoms with Gasteiger partial charge in [0.1, 0.15) is 0 Å². The van der Waals surface area contributed by atoms with Gasteiger partial charge in [-0.25, -0.2) is 0 Å². The van der Waals surface area contributed by atoms with E-state index in [0.29, 0.717) is 0 Å². The first-order chi connectivity index (χ1) is 10.4. The fraction of sp³-hybridized carbons (Fsp3) is 0.875. The average molecular weight is 328 g/mol. The van der Waals surface area contributed by atoms with Crippen molar-refractivity contribution in [2.75, 3.05) is 12.9 Å². The zero-order valence-electron chi connectivity index (χ0n) is 13.3. The number of hydrogen-bond acceptors (Lipinski definition) is 4. The fourth-order valence-corrected chi connectivity index (χ4v) is 4.93. The van der Waals surface area contributed by atoms with Crippen LogP contribution in [0, 0.1) is 0 Å². The van der Waals surface area contributed by atoms with Crippen molar-refractivity contribution < 1.29 is 17.8 Å². The second-order valence-electron chi connectivity index (χ2n) is 7.19. The zero-order valence-corrected chi connectivity index (χ0v) is 14.2. The molecule has 2 fully saturated rings. The quantitative estimate of drug-likeness (QED) is 0.590. The lowest BCUT2D eigenvalue weighted by Crippen LogP contribution is -2.55. The molecule has 0 saturated heterocycles. The van der Waals surface area contributed by atoms with Gasteiger partial charge >= 0.3 is 0 Å². The van der Waals surface area contributed by atoms with Crippen LogP contribution in [0.25, 0.3) is 0 Å². The number of nitrogens with zero attached hydrogens (tertiary/aromatic N) is 1. The maximum absolute atomic E-state index is 13.3. The summed E-state index contributed by atoms with van der Waals surface area (Å²) >= 11 is 0. The molecule has 0 amide bonds.